The Hall–Kier alpha value is -3.75. The first-order chi connectivity index (χ1) is 18.3. The van der Waals surface area contributed by atoms with E-state index in [1.54, 1.807) is 32.0 Å². The highest BCUT2D eigenvalue weighted by Gasteiger charge is 2.43. The first-order valence-electron chi connectivity index (χ1n) is 12.7. The Morgan fingerprint density at radius 2 is 1.87 bits per heavy atom. The van der Waals surface area contributed by atoms with Crippen LogP contribution in [0.15, 0.2) is 65.0 Å². The van der Waals surface area contributed by atoms with Crippen LogP contribution in [0.2, 0.25) is 0 Å². The van der Waals surface area contributed by atoms with Gasteiger partial charge in [-0.25, -0.2) is 4.79 Å². The summed E-state index contributed by atoms with van der Waals surface area (Å²) in [6.45, 7) is 7.65. The summed E-state index contributed by atoms with van der Waals surface area (Å²) in [4.78, 5) is 26.6. The predicted molar refractivity (Wildman–Crippen MR) is 139 cm³/mol. The summed E-state index contributed by atoms with van der Waals surface area (Å²) in [5.74, 6) is -0.734. The van der Waals surface area contributed by atoms with Crippen LogP contribution in [0, 0.1) is 5.41 Å². The lowest BCUT2D eigenvalue weighted by Gasteiger charge is -2.39. The SMILES string of the molecule is CCOC(=O)C1=C(C)NC2=C(C(=O)CC(C)(C)C2)C1c1ccc(OC)c(COc2cccc(C(F)(F)F)c2)c1. The molecule has 2 aromatic carbocycles. The van der Waals surface area contributed by atoms with Crippen LogP contribution < -0.4 is 14.8 Å². The van der Waals surface area contributed by atoms with Gasteiger partial charge in [-0.1, -0.05) is 26.0 Å². The number of esters is 1. The maximum Gasteiger partial charge on any atom is 0.416 e. The van der Waals surface area contributed by atoms with Crippen LogP contribution in [0.3, 0.4) is 0 Å². The number of ether oxygens (including phenoxy) is 3. The van der Waals surface area contributed by atoms with Crippen molar-refractivity contribution in [2.75, 3.05) is 13.7 Å². The molecule has 0 saturated carbocycles. The Morgan fingerprint density at radius 3 is 2.54 bits per heavy atom. The monoisotopic (exact) mass is 543 g/mol. The van der Waals surface area contributed by atoms with E-state index in [0.717, 1.165) is 17.8 Å². The van der Waals surface area contributed by atoms with Crippen LogP contribution in [0.25, 0.3) is 0 Å². The molecule has 6 nitrogen and oxygen atoms in total. The molecule has 2 aromatic rings. The minimum absolute atomic E-state index is 0.0503. The number of methoxy groups -OCH3 is 1. The van der Waals surface area contributed by atoms with Crippen molar-refractivity contribution in [1.29, 1.82) is 0 Å². The van der Waals surface area contributed by atoms with E-state index in [0.29, 0.717) is 46.6 Å². The fourth-order valence-corrected chi connectivity index (χ4v) is 5.26. The van der Waals surface area contributed by atoms with E-state index in [4.69, 9.17) is 14.2 Å². The number of Topliss-reactive ketones (excluding diaryl/α,β-unsaturated/α-hetero) is 1. The maximum absolute atomic E-state index is 13.5. The molecule has 1 aliphatic carbocycles. The molecule has 1 unspecified atom stereocenters. The number of dihydropyridines is 1. The van der Waals surface area contributed by atoms with Crippen LogP contribution in [0.5, 0.6) is 11.5 Å². The second-order valence-electron chi connectivity index (χ2n) is 10.5. The lowest BCUT2D eigenvalue weighted by atomic mass is 9.68. The molecule has 1 atom stereocenters. The van der Waals surface area contributed by atoms with Gasteiger partial charge in [0.15, 0.2) is 5.78 Å². The number of ketones is 1. The molecular formula is C30H32F3NO5. The number of carbonyl (C=O) groups is 2. The van der Waals surface area contributed by atoms with Crippen LogP contribution in [0.1, 0.15) is 63.1 Å². The topological polar surface area (TPSA) is 73.9 Å². The summed E-state index contributed by atoms with van der Waals surface area (Å²) in [6.07, 6.45) is -3.52. The zero-order chi connectivity index (χ0) is 28.5. The Labute approximate surface area is 225 Å². The number of alkyl halides is 3. The molecule has 0 spiro atoms. The van der Waals surface area contributed by atoms with Gasteiger partial charge in [-0.05, 0) is 61.6 Å². The van der Waals surface area contributed by atoms with Gasteiger partial charge in [0.1, 0.15) is 18.1 Å². The minimum Gasteiger partial charge on any atom is -0.496 e. The van der Waals surface area contributed by atoms with Crippen molar-refractivity contribution in [3.05, 3.63) is 81.7 Å². The molecule has 208 valence electrons. The van der Waals surface area contributed by atoms with Crippen molar-refractivity contribution in [2.24, 2.45) is 5.41 Å². The predicted octanol–water partition coefficient (Wildman–Crippen LogP) is 6.46. The first kappa shape index (κ1) is 28.3. The fraction of sp³-hybridized carbons (Fsp3) is 0.400. The van der Waals surface area contributed by atoms with Crippen LogP contribution in [0.4, 0.5) is 13.2 Å². The number of benzene rings is 2. The molecule has 0 bridgehead atoms. The zero-order valence-corrected chi connectivity index (χ0v) is 22.6. The van der Waals surface area contributed by atoms with Crippen molar-refractivity contribution < 1.29 is 37.0 Å². The molecule has 0 fully saturated rings. The number of carbonyl (C=O) groups excluding carboxylic acids is 2. The number of allylic oxidation sites excluding steroid dienone is 3. The van der Waals surface area contributed by atoms with Crippen molar-refractivity contribution in [3.8, 4) is 11.5 Å². The Morgan fingerprint density at radius 1 is 1.13 bits per heavy atom. The van der Waals surface area contributed by atoms with Crippen molar-refractivity contribution in [1.82, 2.24) is 5.32 Å². The number of rotatable bonds is 7. The zero-order valence-electron chi connectivity index (χ0n) is 22.6. The molecule has 39 heavy (non-hydrogen) atoms. The highest BCUT2D eigenvalue weighted by atomic mass is 19.4. The quantitative estimate of drug-likeness (QED) is 0.404. The lowest BCUT2D eigenvalue weighted by Crippen LogP contribution is -2.38. The third-order valence-corrected chi connectivity index (χ3v) is 6.93. The van der Waals surface area contributed by atoms with Gasteiger partial charge in [0.25, 0.3) is 0 Å². The second-order valence-corrected chi connectivity index (χ2v) is 10.5. The van der Waals surface area contributed by atoms with E-state index in [1.807, 2.05) is 13.8 Å². The van der Waals surface area contributed by atoms with E-state index >= 15 is 0 Å². The van der Waals surface area contributed by atoms with Crippen LogP contribution >= 0.6 is 0 Å². The summed E-state index contributed by atoms with van der Waals surface area (Å²) in [6, 6.07) is 9.91. The fourth-order valence-electron chi connectivity index (χ4n) is 5.26. The summed E-state index contributed by atoms with van der Waals surface area (Å²) < 4.78 is 56.1. The van der Waals surface area contributed by atoms with E-state index in [-0.39, 0.29) is 30.2 Å². The Kier molecular flexibility index (Phi) is 7.82. The summed E-state index contributed by atoms with van der Waals surface area (Å²) >= 11 is 0. The molecular weight excluding hydrogens is 511 g/mol. The van der Waals surface area contributed by atoms with E-state index < -0.39 is 23.6 Å². The minimum atomic E-state index is -4.49. The Balaban J connectivity index is 1.76. The molecule has 9 heteroatoms. The van der Waals surface area contributed by atoms with E-state index in [9.17, 15) is 22.8 Å². The summed E-state index contributed by atoms with van der Waals surface area (Å²) in [7, 11) is 1.48. The lowest BCUT2D eigenvalue weighted by molar-refractivity contribution is -0.139. The van der Waals surface area contributed by atoms with Gasteiger partial charge in [0, 0.05) is 34.9 Å². The number of hydrogen-bond acceptors (Lipinski definition) is 6. The highest BCUT2D eigenvalue weighted by molar-refractivity contribution is 6.04. The average molecular weight is 544 g/mol. The van der Waals surface area contributed by atoms with E-state index in [2.05, 4.69) is 5.32 Å². The smallest absolute Gasteiger partial charge is 0.416 e. The summed E-state index contributed by atoms with van der Waals surface area (Å²) in [5, 5.41) is 3.29. The van der Waals surface area contributed by atoms with Crippen LogP contribution in [-0.2, 0) is 27.1 Å². The van der Waals surface area contributed by atoms with Crippen molar-refractivity contribution in [2.45, 2.75) is 59.2 Å². The third-order valence-electron chi connectivity index (χ3n) is 6.93. The molecule has 1 heterocycles. The number of halogens is 3. The van der Waals surface area contributed by atoms with Gasteiger partial charge in [-0.2, -0.15) is 13.2 Å². The molecule has 0 aromatic heterocycles. The highest BCUT2D eigenvalue weighted by Crippen LogP contribution is 2.47. The van der Waals surface area contributed by atoms with Gasteiger partial charge in [-0.3, -0.25) is 4.79 Å². The van der Waals surface area contributed by atoms with Gasteiger partial charge in [0.2, 0.25) is 0 Å². The second kappa shape index (κ2) is 10.8. The Bertz CT molecular complexity index is 1360. The molecule has 1 N–H and O–H groups in total. The number of hydrogen-bond donors (Lipinski definition) is 1. The van der Waals surface area contributed by atoms with Gasteiger partial charge >= 0.3 is 12.1 Å². The van der Waals surface area contributed by atoms with Gasteiger partial charge in [0.05, 0.1) is 24.9 Å². The van der Waals surface area contributed by atoms with Crippen LogP contribution in [-0.4, -0.2) is 25.5 Å². The molecule has 4 rings (SSSR count). The molecule has 1 aliphatic heterocycles. The molecule has 0 amide bonds. The van der Waals surface area contributed by atoms with E-state index in [1.165, 1.54) is 19.2 Å². The molecule has 2 aliphatic rings. The molecule has 0 radical (unpaired) electrons. The third kappa shape index (κ3) is 5.97. The summed E-state index contributed by atoms with van der Waals surface area (Å²) in [5.41, 5.74) is 2.42. The normalized spacial score (nSPS) is 18.9. The standard InChI is InChI=1S/C30H32F3NO5/c1-6-38-28(36)25-17(2)34-22-14-29(3,4)15-23(35)27(22)26(25)18-10-11-24(37-5)19(12-18)16-39-21-9-7-8-20(13-21)30(31,32)33/h7-13,26,34H,6,14-16H2,1-5H3. The number of nitrogens with one attached hydrogen (secondary N) is 1. The molecule has 0 saturated heterocycles. The average Bonchev–Trinajstić information content (AvgIpc) is 2.85. The van der Waals surface area contributed by atoms with Gasteiger partial charge < -0.3 is 19.5 Å². The van der Waals surface area contributed by atoms with Gasteiger partial charge in [-0.15, -0.1) is 0 Å². The largest absolute Gasteiger partial charge is 0.496 e. The first-order valence-corrected chi connectivity index (χ1v) is 12.7. The van der Waals surface area contributed by atoms with Crippen molar-refractivity contribution in [3.63, 3.8) is 0 Å². The van der Waals surface area contributed by atoms with Crippen molar-refractivity contribution >= 4 is 11.8 Å². The maximum atomic E-state index is 13.5.